The van der Waals surface area contributed by atoms with E-state index in [2.05, 4.69) is 10.2 Å². The maximum absolute atomic E-state index is 12.8. The molecule has 4 nitrogen and oxygen atoms in total. The first-order valence-corrected chi connectivity index (χ1v) is 7.46. The van der Waals surface area contributed by atoms with E-state index in [1.807, 2.05) is 7.05 Å². The molecule has 1 fully saturated rings. The van der Waals surface area contributed by atoms with E-state index >= 15 is 0 Å². The number of hydrogen-bond acceptors (Lipinski definition) is 3. The molecule has 0 bridgehead atoms. The summed E-state index contributed by atoms with van der Waals surface area (Å²) in [5.74, 6) is -0.0709. The largest absolute Gasteiger partial charge is 0.393 e. The zero-order valence-electron chi connectivity index (χ0n) is 12.4. The number of halogens is 1. The van der Waals surface area contributed by atoms with Crippen LogP contribution in [-0.2, 0) is 4.79 Å². The van der Waals surface area contributed by atoms with Crippen LogP contribution in [0.3, 0.4) is 0 Å². The van der Waals surface area contributed by atoms with Gasteiger partial charge >= 0.3 is 0 Å². The lowest BCUT2D eigenvalue weighted by molar-refractivity contribution is -0.116. The third kappa shape index (κ3) is 5.10. The van der Waals surface area contributed by atoms with Crippen molar-refractivity contribution in [2.45, 2.75) is 31.8 Å². The van der Waals surface area contributed by atoms with Crippen molar-refractivity contribution in [3.8, 4) is 0 Å². The number of aliphatic hydroxyl groups is 1. The first-order chi connectivity index (χ1) is 10.0. The molecule has 2 atom stereocenters. The van der Waals surface area contributed by atoms with Gasteiger partial charge in [0.2, 0.25) is 5.91 Å². The number of hydrogen-bond donors (Lipinski definition) is 2. The number of benzene rings is 1. The topological polar surface area (TPSA) is 52.6 Å². The van der Waals surface area contributed by atoms with Gasteiger partial charge in [-0.3, -0.25) is 4.79 Å². The molecule has 1 aliphatic rings. The van der Waals surface area contributed by atoms with E-state index in [9.17, 15) is 14.3 Å². The summed E-state index contributed by atoms with van der Waals surface area (Å²) < 4.78 is 12.8. The smallest absolute Gasteiger partial charge is 0.225 e. The fourth-order valence-corrected chi connectivity index (χ4v) is 2.77. The summed E-state index contributed by atoms with van der Waals surface area (Å²) in [5.41, 5.74) is 0.607. The van der Waals surface area contributed by atoms with Gasteiger partial charge in [0.1, 0.15) is 5.82 Å². The van der Waals surface area contributed by atoms with E-state index in [0.29, 0.717) is 24.6 Å². The molecule has 0 heterocycles. The average Bonchev–Trinajstić information content (AvgIpc) is 2.85. The maximum Gasteiger partial charge on any atom is 0.225 e. The molecule has 2 rings (SSSR count). The Labute approximate surface area is 125 Å². The summed E-state index contributed by atoms with van der Waals surface area (Å²) in [6, 6.07) is 5.74. The highest BCUT2D eigenvalue weighted by Crippen LogP contribution is 2.25. The second kappa shape index (κ2) is 7.52. The fraction of sp³-hybridized carbons (Fsp3) is 0.562. The standard InChI is InChI=1S/C16H23FN2O2/c1-19(11-12-3-2-4-15(12)20)10-9-16(21)18-14-7-5-13(17)6-8-14/h5-8,12,15,20H,2-4,9-11H2,1H3,(H,18,21). The molecule has 1 aromatic rings. The van der Waals surface area contributed by atoms with E-state index in [0.717, 1.165) is 25.8 Å². The lowest BCUT2D eigenvalue weighted by Gasteiger charge is -2.22. The van der Waals surface area contributed by atoms with Crippen molar-refractivity contribution < 1.29 is 14.3 Å². The average molecular weight is 294 g/mol. The Morgan fingerprint density at radius 1 is 1.38 bits per heavy atom. The molecule has 0 radical (unpaired) electrons. The van der Waals surface area contributed by atoms with Gasteiger partial charge in [0.15, 0.2) is 0 Å². The van der Waals surface area contributed by atoms with Crippen molar-refractivity contribution in [2.24, 2.45) is 5.92 Å². The van der Waals surface area contributed by atoms with Crippen LogP contribution in [0.1, 0.15) is 25.7 Å². The van der Waals surface area contributed by atoms with Gasteiger partial charge in [0.25, 0.3) is 0 Å². The third-order valence-electron chi connectivity index (χ3n) is 4.01. The molecule has 0 saturated heterocycles. The number of amides is 1. The highest BCUT2D eigenvalue weighted by Gasteiger charge is 2.26. The molecule has 1 amide bonds. The number of anilines is 1. The van der Waals surface area contributed by atoms with Crippen LogP contribution < -0.4 is 5.32 Å². The van der Waals surface area contributed by atoms with Gasteiger partial charge in [-0.2, -0.15) is 0 Å². The molecule has 21 heavy (non-hydrogen) atoms. The predicted octanol–water partition coefficient (Wildman–Crippen LogP) is 2.25. The fourth-order valence-electron chi connectivity index (χ4n) is 2.77. The van der Waals surface area contributed by atoms with Crippen LogP contribution in [0.15, 0.2) is 24.3 Å². The van der Waals surface area contributed by atoms with E-state index in [1.165, 1.54) is 12.1 Å². The molecule has 116 valence electrons. The molecule has 5 heteroatoms. The Kier molecular flexibility index (Phi) is 5.70. The molecule has 0 aromatic heterocycles. The summed E-state index contributed by atoms with van der Waals surface area (Å²) >= 11 is 0. The molecule has 1 aliphatic carbocycles. The van der Waals surface area contributed by atoms with Crippen molar-refractivity contribution >= 4 is 11.6 Å². The Morgan fingerprint density at radius 2 is 2.10 bits per heavy atom. The number of carbonyl (C=O) groups is 1. The van der Waals surface area contributed by atoms with Gasteiger partial charge in [-0.1, -0.05) is 6.42 Å². The van der Waals surface area contributed by atoms with Gasteiger partial charge in [-0.15, -0.1) is 0 Å². The molecular formula is C16H23FN2O2. The minimum absolute atomic E-state index is 0.0829. The van der Waals surface area contributed by atoms with E-state index in [1.54, 1.807) is 12.1 Å². The summed E-state index contributed by atoms with van der Waals surface area (Å²) in [4.78, 5) is 13.9. The van der Waals surface area contributed by atoms with Crippen molar-refractivity contribution in [1.29, 1.82) is 0 Å². The van der Waals surface area contributed by atoms with Crippen molar-refractivity contribution in [3.63, 3.8) is 0 Å². The third-order valence-corrected chi connectivity index (χ3v) is 4.01. The number of nitrogens with one attached hydrogen (secondary N) is 1. The normalized spacial score (nSPS) is 21.7. The maximum atomic E-state index is 12.8. The van der Waals surface area contributed by atoms with Gasteiger partial charge < -0.3 is 15.3 Å². The van der Waals surface area contributed by atoms with E-state index in [4.69, 9.17) is 0 Å². The Hall–Kier alpha value is -1.46. The Morgan fingerprint density at radius 3 is 2.71 bits per heavy atom. The van der Waals surface area contributed by atoms with E-state index in [-0.39, 0.29) is 17.8 Å². The van der Waals surface area contributed by atoms with Crippen molar-refractivity contribution in [3.05, 3.63) is 30.1 Å². The molecule has 2 unspecified atom stereocenters. The summed E-state index contributed by atoms with van der Waals surface area (Å²) in [6.07, 6.45) is 3.23. The summed E-state index contributed by atoms with van der Waals surface area (Å²) in [6.45, 7) is 1.47. The van der Waals surface area contributed by atoms with Crippen LogP contribution in [0.2, 0.25) is 0 Å². The summed E-state index contributed by atoms with van der Waals surface area (Å²) in [7, 11) is 1.97. The zero-order valence-corrected chi connectivity index (χ0v) is 12.4. The Bertz CT molecular complexity index is 464. The van der Waals surface area contributed by atoms with Crippen LogP contribution in [-0.4, -0.2) is 42.2 Å². The minimum atomic E-state index is -0.317. The predicted molar refractivity (Wildman–Crippen MR) is 80.5 cm³/mol. The van der Waals surface area contributed by atoms with Crippen molar-refractivity contribution in [1.82, 2.24) is 4.90 Å². The quantitative estimate of drug-likeness (QED) is 0.846. The minimum Gasteiger partial charge on any atom is -0.393 e. The first kappa shape index (κ1) is 15.9. The molecular weight excluding hydrogens is 271 g/mol. The number of rotatable bonds is 6. The van der Waals surface area contributed by atoms with Crippen LogP contribution in [0.25, 0.3) is 0 Å². The van der Waals surface area contributed by atoms with Crippen molar-refractivity contribution in [2.75, 3.05) is 25.5 Å². The van der Waals surface area contributed by atoms with Crippen LogP contribution in [0, 0.1) is 11.7 Å². The Balaban J connectivity index is 1.69. The summed E-state index contributed by atoms with van der Waals surface area (Å²) in [5, 5.41) is 12.5. The zero-order chi connectivity index (χ0) is 15.2. The lowest BCUT2D eigenvalue weighted by atomic mass is 10.1. The molecule has 0 spiro atoms. The highest BCUT2D eigenvalue weighted by atomic mass is 19.1. The van der Waals surface area contributed by atoms with Crippen LogP contribution in [0.5, 0.6) is 0 Å². The number of nitrogens with zero attached hydrogens (tertiary/aromatic N) is 1. The molecule has 1 saturated carbocycles. The monoisotopic (exact) mass is 294 g/mol. The molecule has 1 aromatic carbocycles. The second-order valence-corrected chi connectivity index (χ2v) is 5.83. The second-order valence-electron chi connectivity index (χ2n) is 5.83. The molecule has 2 N–H and O–H groups in total. The van der Waals surface area contributed by atoms with Gasteiger partial charge in [0.05, 0.1) is 6.10 Å². The number of carbonyl (C=O) groups excluding carboxylic acids is 1. The SMILES string of the molecule is CN(CCC(=O)Nc1ccc(F)cc1)CC1CCCC1O. The van der Waals surface area contributed by atoms with Crippen LogP contribution >= 0.6 is 0 Å². The highest BCUT2D eigenvalue weighted by molar-refractivity contribution is 5.90. The molecule has 0 aliphatic heterocycles. The van der Waals surface area contributed by atoms with E-state index < -0.39 is 0 Å². The number of aliphatic hydroxyl groups excluding tert-OH is 1. The first-order valence-electron chi connectivity index (χ1n) is 7.46. The van der Waals surface area contributed by atoms with Gasteiger partial charge in [-0.05, 0) is 50.1 Å². The lowest BCUT2D eigenvalue weighted by Crippen LogP contribution is -2.32. The van der Waals surface area contributed by atoms with Gasteiger partial charge in [-0.25, -0.2) is 4.39 Å². The van der Waals surface area contributed by atoms with Crippen LogP contribution in [0.4, 0.5) is 10.1 Å². The van der Waals surface area contributed by atoms with Gasteiger partial charge in [0, 0.05) is 25.2 Å².